The summed E-state index contributed by atoms with van der Waals surface area (Å²) in [4.78, 5) is 22.0. The van der Waals surface area contributed by atoms with Crippen molar-refractivity contribution in [3.8, 4) is 0 Å². The Morgan fingerprint density at radius 1 is 1.64 bits per heavy atom. The van der Waals surface area contributed by atoms with Crippen LogP contribution in [0.5, 0.6) is 0 Å². The molecule has 2 unspecified atom stereocenters. The fourth-order valence-corrected chi connectivity index (χ4v) is 1.94. The van der Waals surface area contributed by atoms with Crippen molar-refractivity contribution in [2.45, 2.75) is 45.1 Å². The number of carboxylic acids is 1. The van der Waals surface area contributed by atoms with Gasteiger partial charge in [-0.2, -0.15) is 0 Å². The molecule has 0 bridgehead atoms. The molecule has 0 spiro atoms. The van der Waals surface area contributed by atoms with E-state index in [1.807, 2.05) is 0 Å². The highest BCUT2D eigenvalue weighted by Gasteiger charge is 2.27. The molecule has 1 aliphatic rings. The van der Waals surface area contributed by atoms with Gasteiger partial charge in [-0.05, 0) is 18.8 Å². The van der Waals surface area contributed by atoms with Gasteiger partial charge in [0.15, 0.2) is 0 Å². The minimum Gasteiger partial charge on any atom is -0.480 e. The molecule has 1 fully saturated rings. The Kier molecular flexibility index (Phi) is 3.92. The first-order valence-electron chi connectivity index (χ1n) is 5.15. The maximum Gasteiger partial charge on any atom is 0.326 e. The number of rotatable bonds is 3. The van der Waals surface area contributed by atoms with Crippen LogP contribution in [0.1, 0.15) is 39.0 Å². The minimum atomic E-state index is -0.915. The monoisotopic (exact) mass is 199 g/mol. The second kappa shape index (κ2) is 4.98. The summed E-state index contributed by atoms with van der Waals surface area (Å²) in [6, 6.07) is -0.679. The van der Waals surface area contributed by atoms with Crippen molar-refractivity contribution in [1.82, 2.24) is 5.32 Å². The lowest BCUT2D eigenvalue weighted by Gasteiger charge is -2.15. The molecule has 0 saturated carbocycles. The van der Waals surface area contributed by atoms with E-state index < -0.39 is 12.0 Å². The van der Waals surface area contributed by atoms with Crippen molar-refractivity contribution in [2.24, 2.45) is 5.92 Å². The summed E-state index contributed by atoms with van der Waals surface area (Å²) in [5, 5.41) is 11.4. The topological polar surface area (TPSA) is 66.4 Å². The number of carbonyl (C=O) groups is 2. The third-order valence-corrected chi connectivity index (χ3v) is 2.68. The zero-order valence-electron chi connectivity index (χ0n) is 8.45. The van der Waals surface area contributed by atoms with Gasteiger partial charge in [0.2, 0.25) is 5.91 Å². The standard InChI is InChI=1S/C10H17NO3/c1-2-3-7-4-5-9(12)11-8(6-7)10(13)14/h7-8H,2-6H2,1H3,(H,11,12)(H,13,14). The Hall–Kier alpha value is -1.06. The number of nitrogens with one attached hydrogen (secondary N) is 1. The predicted molar refractivity (Wildman–Crippen MR) is 51.8 cm³/mol. The zero-order valence-corrected chi connectivity index (χ0v) is 8.45. The highest BCUT2D eigenvalue weighted by Crippen LogP contribution is 2.22. The van der Waals surface area contributed by atoms with Crippen LogP contribution >= 0.6 is 0 Å². The summed E-state index contributed by atoms with van der Waals surface area (Å²) >= 11 is 0. The van der Waals surface area contributed by atoms with Crippen molar-refractivity contribution < 1.29 is 14.7 Å². The molecule has 80 valence electrons. The van der Waals surface area contributed by atoms with Gasteiger partial charge >= 0.3 is 5.97 Å². The van der Waals surface area contributed by atoms with Crippen molar-refractivity contribution in [3.63, 3.8) is 0 Å². The minimum absolute atomic E-state index is 0.129. The molecule has 1 rings (SSSR count). The highest BCUT2D eigenvalue weighted by molar-refractivity contribution is 5.83. The second-order valence-corrected chi connectivity index (χ2v) is 3.89. The third kappa shape index (κ3) is 3.01. The molecule has 2 N–H and O–H groups in total. The first-order chi connectivity index (χ1) is 6.63. The quantitative estimate of drug-likeness (QED) is 0.716. The molecule has 14 heavy (non-hydrogen) atoms. The first-order valence-corrected chi connectivity index (χ1v) is 5.15. The highest BCUT2D eigenvalue weighted by atomic mass is 16.4. The molecule has 4 heteroatoms. The summed E-state index contributed by atoms with van der Waals surface area (Å²) < 4.78 is 0. The zero-order chi connectivity index (χ0) is 10.6. The molecule has 0 aromatic carbocycles. The second-order valence-electron chi connectivity index (χ2n) is 3.89. The van der Waals surface area contributed by atoms with Gasteiger partial charge in [-0.15, -0.1) is 0 Å². The van der Waals surface area contributed by atoms with E-state index in [1.165, 1.54) is 0 Å². The summed E-state index contributed by atoms with van der Waals surface area (Å²) in [5.74, 6) is -0.669. The fourth-order valence-electron chi connectivity index (χ4n) is 1.94. The molecule has 4 nitrogen and oxygen atoms in total. The van der Waals surface area contributed by atoms with E-state index >= 15 is 0 Å². The molecule has 1 saturated heterocycles. The number of hydrogen-bond donors (Lipinski definition) is 2. The van der Waals surface area contributed by atoms with Gasteiger partial charge in [0.25, 0.3) is 0 Å². The summed E-state index contributed by atoms with van der Waals surface area (Å²) in [6.07, 6.45) is 3.93. The molecule has 0 aromatic heterocycles. The van der Waals surface area contributed by atoms with Gasteiger partial charge in [-0.25, -0.2) is 4.79 Å². The maximum absolute atomic E-state index is 11.2. The lowest BCUT2D eigenvalue weighted by atomic mass is 9.93. The Morgan fingerprint density at radius 3 is 2.93 bits per heavy atom. The van der Waals surface area contributed by atoms with Gasteiger partial charge in [-0.3, -0.25) is 4.79 Å². The van der Waals surface area contributed by atoms with Gasteiger partial charge in [0.05, 0.1) is 0 Å². The Labute approximate surface area is 83.7 Å². The molecule has 1 amide bonds. The summed E-state index contributed by atoms with van der Waals surface area (Å²) in [7, 11) is 0. The number of amides is 1. The van der Waals surface area contributed by atoms with Crippen LogP contribution in [-0.2, 0) is 9.59 Å². The van der Waals surface area contributed by atoms with E-state index in [-0.39, 0.29) is 5.91 Å². The maximum atomic E-state index is 11.2. The molecule has 2 atom stereocenters. The van der Waals surface area contributed by atoms with Crippen molar-refractivity contribution in [2.75, 3.05) is 0 Å². The fraction of sp³-hybridized carbons (Fsp3) is 0.800. The molecule has 1 heterocycles. The van der Waals surface area contributed by atoms with Crippen LogP contribution in [0, 0.1) is 5.92 Å². The van der Waals surface area contributed by atoms with Gasteiger partial charge in [0, 0.05) is 6.42 Å². The largest absolute Gasteiger partial charge is 0.480 e. The lowest BCUT2D eigenvalue weighted by Crippen LogP contribution is -2.39. The SMILES string of the molecule is CCCC1CCC(=O)NC(C(=O)O)C1. The van der Waals surface area contributed by atoms with Gasteiger partial charge in [-0.1, -0.05) is 19.8 Å². The van der Waals surface area contributed by atoms with E-state index in [1.54, 1.807) is 0 Å². The first kappa shape index (κ1) is 11.0. The Balaban J connectivity index is 2.58. The third-order valence-electron chi connectivity index (χ3n) is 2.68. The van der Waals surface area contributed by atoms with E-state index in [9.17, 15) is 9.59 Å². The van der Waals surface area contributed by atoms with Crippen LogP contribution in [-0.4, -0.2) is 23.0 Å². The summed E-state index contributed by atoms with van der Waals surface area (Å²) in [5.41, 5.74) is 0. The van der Waals surface area contributed by atoms with E-state index in [0.29, 0.717) is 18.8 Å². The molecule has 0 aromatic rings. The Bertz CT molecular complexity index is 227. The van der Waals surface area contributed by atoms with Crippen LogP contribution in [0.4, 0.5) is 0 Å². The molecular formula is C10H17NO3. The van der Waals surface area contributed by atoms with Crippen molar-refractivity contribution in [1.29, 1.82) is 0 Å². The van der Waals surface area contributed by atoms with Crippen LogP contribution in [0.25, 0.3) is 0 Å². The summed E-state index contributed by atoms with van der Waals surface area (Å²) in [6.45, 7) is 2.08. The van der Waals surface area contributed by atoms with E-state index in [0.717, 1.165) is 19.3 Å². The molecule has 0 radical (unpaired) electrons. The van der Waals surface area contributed by atoms with Crippen LogP contribution < -0.4 is 5.32 Å². The predicted octanol–water partition coefficient (Wildman–Crippen LogP) is 1.16. The number of carbonyl (C=O) groups excluding carboxylic acids is 1. The van der Waals surface area contributed by atoms with Gasteiger partial charge in [0.1, 0.15) is 6.04 Å². The van der Waals surface area contributed by atoms with Crippen molar-refractivity contribution in [3.05, 3.63) is 0 Å². The van der Waals surface area contributed by atoms with E-state index in [2.05, 4.69) is 12.2 Å². The van der Waals surface area contributed by atoms with Crippen molar-refractivity contribution >= 4 is 11.9 Å². The van der Waals surface area contributed by atoms with Gasteiger partial charge < -0.3 is 10.4 Å². The number of carboxylic acid groups (broad SMARTS) is 1. The molecule has 1 aliphatic heterocycles. The number of hydrogen-bond acceptors (Lipinski definition) is 2. The van der Waals surface area contributed by atoms with E-state index in [4.69, 9.17) is 5.11 Å². The Morgan fingerprint density at radius 2 is 2.36 bits per heavy atom. The number of aliphatic carboxylic acids is 1. The normalized spacial score (nSPS) is 27.9. The van der Waals surface area contributed by atoms with Crippen LogP contribution in [0.3, 0.4) is 0 Å². The van der Waals surface area contributed by atoms with Crippen LogP contribution in [0.2, 0.25) is 0 Å². The molecular weight excluding hydrogens is 182 g/mol. The lowest BCUT2D eigenvalue weighted by molar-refractivity contribution is -0.141. The average Bonchev–Trinajstić information content (AvgIpc) is 2.29. The molecule has 0 aliphatic carbocycles. The average molecular weight is 199 g/mol. The van der Waals surface area contributed by atoms with Crippen LogP contribution in [0.15, 0.2) is 0 Å². The smallest absolute Gasteiger partial charge is 0.326 e.